The summed E-state index contributed by atoms with van der Waals surface area (Å²) in [5.74, 6) is -0.238. The molecule has 0 saturated carbocycles. The van der Waals surface area contributed by atoms with Gasteiger partial charge in [0.15, 0.2) is 0 Å². The van der Waals surface area contributed by atoms with Crippen LogP contribution in [-0.4, -0.2) is 59.0 Å². The molecule has 1 N–H and O–H groups in total. The van der Waals surface area contributed by atoms with E-state index in [1.807, 2.05) is 29.2 Å². The van der Waals surface area contributed by atoms with Crippen LogP contribution in [0.25, 0.3) is 0 Å². The van der Waals surface area contributed by atoms with E-state index in [0.717, 1.165) is 24.8 Å². The van der Waals surface area contributed by atoms with Gasteiger partial charge in [-0.2, -0.15) is 0 Å². The van der Waals surface area contributed by atoms with Crippen LogP contribution >= 0.6 is 11.6 Å². The van der Waals surface area contributed by atoms with Gasteiger partial charge in [-0.3, -0.25) is 14.5 Å². The van der Waals surface area contributed by atoms with Crippen LogP contribution in [-0.2, 0) is 14.3 Å². The standard InChI is InChI=1S/C23H32ClN3O4/c1-23(2,3)31-22(30)27-15-7-11-19(27)21(29)25-13-12-20(28)26-14-6-10-18(26)16-8-4-5-9-17(16)24/h4-5,8-9,18-19H,6-7,10-15H2,1-3H3,(H,25,29). The first-order valence-electron chi connectivity index (χ1n) is 11.0. The summed E-state index contributed by atoms with van der Waals surface area (Å²) in [6.07, 6.45) is 2.91. The second-order valence-corrected chi connectivity index (χ2v) is 9.55. The van der Waals surface area contributed by atoms with Crippen LogP contribution in [0.4, 0.5) is 4.79 Å². The molecule has 2 unspecified atom stereocenters. The molecule has 0 aromatic heterocycles. The summed E-state index contributed by atoms with van der Waals surface area (Å²) in [5.41, 5.74) is 0.360. The fourth-order valence-corrected chi connectivity index (χ4v) is 4.53. The lowest BCUT2D eigenvalue weighted by Gasteiger charge is -2.28. The van der Waals surface area contributed by atoms with Crippen LogP contribution in [0.5, 0.6) is 0 Å². The maximum absolute atomic E-state index is 12.8. The Morgan fingerprint density at radius 3 is 2.48 bits per heavy atom. The quantitative estimate of drug-likeness (QED) is 0.739. The number of likely N-dealkylation sites (tertiary alicyclic amines) is 2. The molecular formula is C23H32ClN3O4. The van der Waals surface area contributed by atoms with Crippen molar-refractivity contribution in [3.63, 3.8) is 0 Å². The fourth-order valence-electron chi connectivity index (χ4n) is 4.27. The molecule has 8 heteroatoms. The molecule has 2 heterocycles. The van der Waals surface area contributed by atoms with Crippen molar-refractivity contribution in [3.05, 3.63) is 34.9 Å². The van der Waals surface area contributed by atoms with Gasteiger partial charge in [-0.25, -0.2) is 4.79 Å². The van der Waals surface area contributed by atoms with Crippen molar-refractivity contribution in [2.24, 2.45) is 0 Å². The third kappa shape index (κ3) is 5.91. The van der Waals surface area contributed by atoms with Crippen molar-refractivity contribution in [2.45, 2.75) is 70.6 Å². The summed E-state index contributed by atoms with van der Waals surface area (Å²) in [6.45, 7) is 6.83. The molecule has 7 nitrogen and oxygen atoms in total. The minimum Gasteiger partial charge on any atom is -0.444 e. The van der Waals surface area contributed by atoms with Crippen molar-refractivity contribution in [3.8, 4) is 0 Å². The number of nitrogens with one attached hydrogen (secondary N) is 1. The summed E-state index contributed by atoms with van der Waals surface area (Å²) >= 11 is 6.33. The highest BCUT2D eigenvalue weighted by molar-refractivity contribution is 6.31. The van der Waals surface area contributed by atoms with E-state index in [-0.39, 0.29) is 30.8 Å². The number of rotatable bonds is 5. The second kappa shape index (κ2) is 9.90. The van der Waals surface area contributed by atoms with Gasteiger partial charge >= 0.3 is 6.09 Å². The first kappa shape index (κ1) is 23.4. The molecule has 2 atom stereocenters. The Hall–Kier alpha value is -2.28. The number of hydrogen-bond acceptors (Lipinski definition) is 4. The van der Waals surface area contributed by atoms with Crippen molar-refractivity contribution in [1.29, 1.82) is 0 Å². The number of hydrogen-bond donors (Lipinski definition) is 1. The number of amides is 3. The Balaban J connectivity index is 1.51. The maximum atomic E-state index is 12.8. The van der Waals surface area contributed by atoms with Gasteiger partial charge in [0.1, 0.15) is 11.6 Å². The Morgan fingerprint density at radius 1 is 1.10 bits per heavy atom. The largest absolute Gasteiger partial charge is 0.444 e. The van der Waals surface area contributed by atoms with E-state index in [9.17, 15) is 14.4 Å². The molecule has 0 radical (unpaired) electrons. The summed E-state index contributed by atoms with van der Waals surface area (Å²) in [7, 11) is 0. The third-order valence-electron chi connectivity index (χ3n) is 5.66. The Labute approximate surface area is 189 Å². The number of nitrogens with zero attached hydrogens (tertiary/aromatic N) is 2. The molecule has 2 aliphatic rings. The first-order chi connectivity index (χ1) is 14.7. The normalized spacial score (nSPS) is 21.3. The van der Waals surface area contributed by atoms with Crippen LogP contribution in [0, 0.1) is 0 Å². The van der Waals surface area contributed by atoms with E-state index in [2.05, 4.69) is 5.32 Å². The van der Waals surface area contributed by atoms with Crippen molar-refractivity contribution in [1.82, 2.24) is 15.1 Å². The number of halogens is 1. The number of ether oxygens (including phenoxy) is 1. The Bertz CT molecular complexity index is 823. The van der Waals surface area contributed by atoms with E-state index >= 15 is 0 Å². The van der Waals surface area contributed by atoms with Gasteiger partial charge in [-0.1, -0.05) is 29.8 Å². The minimum atomic E-state index is -0.610. The lowest BCUT2D eigenvalue weighted by Crippen LogP contribution is -2.48. The number of carbonyl (C=O) groups is 3. The first-order valence-corrected chi connectivity index (χ1v) is 11.4. The zero-order chi connectivity index (χ0) is 22.6. The minimum absolute atomic E-state index is 0.00172. The highest BCUT2D eigenvalue weighted by Crippen LogP contribution is 2.35. The van der Waals surface area contributed by atoms with Crippen LogP contribution in [0.1, 0.15) is 64.5 Å². The summed E-state index contributed by atoms with van der Waals surface area (Å²) in [6, 6.07) is 7.05. The molecule has 0 bridgehead atoms. The molecule has 0 spiro atoms. The number of carbonyl (C=O) groups excluding carboxylic acids is 3. The van der Waals surface area contributed by atoms with Crippen LogP contribution < -0.4 is 5.32 Å². The van der Waals surface area contributed by atoms with Gasteiger partial charge in [0.05, 0.1) is 6.04 Å². The topological polar surface area (TPSA) is 79.0 Å². The van der Waals surface area contributed by atoms with Crippen LogP contribution in [0.15, 0.2) is 24.3 Å². The predicted octanol–water partition coefficient (Wildman–Crippen LogP) is 3.91. The van der Waals surface area contributed by atoms with Gasteiger partial charge in [0, 0.05) is 31.1 Å². The lowest BCUT2D eigenvalue weighted by molar-refractivity contribution is -0.132. The Morgan fingerprint density at radius 2 is 1.77 bits per heavy atom. The lowest BCUT2D eigenvalue weighted by atomic mass is 10.0. The van der Waals surface area contributed by atoms with E-state index in [4.69, 9.17) is 16.3 Å². The second-order valence-electron chi connectivity index (χ2n) is 9.14. The van der Waals surface area contributed by atoms with E-state index < -0.39 is 17.7 Å². The molecule has 31 heavy (non-hydrogen) atoms. The monoisotopic (exact) mass is 449 g/mol. The van der Waals surface area contributed by atoms with Gasteiger partial charge in [0.25, 0.3) is 0 Å². The van der Waals surface area contributed by atoms with Gasteiger partial charge in [0.2, 0.25) is 11.8 Å². The Kier molecular flexibility index (Phi) is 7.46. The third-order valence-corrected chi connectivity index (χ3v) is 6.00. The average Bonchev–Trinajstić information content (AvgIpc) is 3.36. The molecule has 0 aliphatic carbocycles. The van der Waals surface area contributed by atoms with Crippen LogP contribution in [0.3, 0.4) is 0 Å². The van der Waals surface area contributed by atoms with Gasteiger partial charge in [-0.15, -0.1) is 0 Å². The zero-order valence-corrected chi connectivity index (χ0v) is 19.3. The zero-order valence-electron chi connectivity index (χ0n) is 18.5. The molecule has 3 amide bonds. The number of benzene rings is 1. The van der Waals surface area contributed by atoms with Crippen molar-refractivity contribution < 1.29 is 19.1 Å². The average molecular weight is 450 g/mol. The molecule has 3 rings (SSSR count). The summed E-state index contributed by atoms with van der Waals surface area (Å²) < 4.78 is 5.41. The van der Waals surface area contributed by atoms with Crippen LogP contribution in [0.2, 0.25) is 5.02 Å². The van der Waals surface area contributed by atoms with E-state index in [1.54, 1.807) is 20.8 Å². The highest BCUT2D eigenvalue weighted by atomic mass is 35.5. The predicted molar refractivity (Wildman–Crippen MR) is 119 cm³/mol. The van der Waals surface area contributed by atoms with Crippen molar-refractivity contribution in [2.75, 3.05) is 19.6 Å². The van der Waals surface area contributed by atoms with E-state index in [0.29, 0.717) is 24.5 Å². The fraction of sp³-hybridized carbons (Fsp3) is 0.609. The van der Waals surface area contributed by atoms with Crippen molar-refractivity contribution >= 4 is 29.5 Å². The molecule has 2 fully saturated rings. The van der Waals surface area contributed by atoms with Gasteiger partial charge in [-0.05, 0) is 58.1 Å². The SMILES string of the molecule is CC(C)(C)OC(=O)N1CCCC1C(=O)NCCC(=O)N1CCCC1c1ccccc1Cl. The smallest absolute Gasteiger partial charge is 0.410 e. The molecule has 2 aliphatic heterocycles. The summed E-state index contributed by atoms with van der Waals surface area (Å²) in [4.78, 5) is 41.2. The molecule has 1 aromatic carbocycles. The maximum Gasteiger partial charge on any atom is 0.410 e. The summed E-state index contributed by atoms with van der Waals surface area (Å²) in [5, 5.41) is 3.50. The highest BCUT2D eigenvalue weighted by Gasteiger charge is 2.37. The molecule has 1 aromatic rings. The van der Waals surface area contributed by atoms with Gasteiger partial charge < -0.3 is 15.0 Å². The molecule has 170 valence electrons. The molecular weight excluding hydrogens is 418 g/mol. The molecule has 2 saturated heterocycles. The van der Waals surface area contributed by atoms with E-state index in [1.165, 1.54) is 4.90 Å².